The first kappa shape index (κ1) is 15.7. The van der Waals surface area contributed by atoms with Crippen molar-refractivity contribution in [1.82, 2.24) is 20.1 Å². The summed E-state index contributed by atoms with van der Waals surface area (Å²) in [7, 11) is 0. The van der Waals surface area contributed by atoms with E-state index in [0.717, 1.165) is 38.0 Å². The molecule has 21 heavy (non-hydrogen) atoms. The quantitative estimate of drug-likeness (QED) is 0.809. The molecule has 1 N–H and O–H groups in total. The van der Waals surface area contributed by atoms with Crippen LogP contribution in [0, 0.1) is 0 Å². The Kier molecular flexibility index (Phi) is 5.93. The van der Waals surface area contributed by atoms with Gasteiger partial charge < -0.3 is 5.32 Å². The molecule has 0 aromatic carbocycles. The van der Waals surface area contributed by atoms with Crippen LogP contribution in [0.1, 0.15) is 56.5 Å². The van der Waals surface area contributed by atoms with E-state index >= 15 is 0 Å². The van der Waals surface area contributed by atoms with Crippen LogP contribution < -0.4 is 5.32 Å². The maximum atomic E-state index is 4.63. The number of nitrogens with one attached hydrogen (secondary N) is 1. The fourth-order valence-corrected chi connectivity index (χ4v) is 2.55. The van der Waals surface area contributed by atoms with Crippen LogP contribution in [0.3, 0.4) is 0 Å². The molecule has 2 aromatic rings. The Bertz CT molecular complexity index is 547. The molecule has 0 saturated heterocycles. The largest absolute Gasteiger partial charge is 0.305 e. The second-order valence-electron chi connectivity index (χ2n) is 5.33. The second kappa shape index (κ2) is 7.93. The highest BCUT2D eigenvalue weighted by Crippen LogP contribution is 2.23. The van der Waals surface area contributed by atoms with Gasteiger partial charge in [-0.3, -0.25) is 9.67 Å². The molecule has 1 atom stereocenters. The van der Waals surface area contributed by atoms with Crippen molar-refractivity contribution in [3.05, 3.63) is 47.5 Å². The predicted molar refractivity (Wildman–Crippen MR) is 86.3 cm³/mol. The molecule has 0 amide bonds. The van der Waals surface area contributed by atoms with Crippen molar-refractivity contribution in [2.45, 2.75) is 52.6 Å². The molecule has 1 unspecified atom stereocenters. The van der Waals surface area contributed by atoms with Crippen molar-refractivity contribution >= 4 is 0 Å². The van der Waals surface area contributed by atoms with E-state index < -0.39 is 0 Å². The zero-order valence-corrected chi connectivity index (χ0v) is 13.3. The van der Waals surface area contributed by atoms with Crippen LogP contribution in [0.15, 0.2) is 30.7 Å². The van der Waals surface area contributed by atoms with E-state index in [1.165, 1.54) is 11.1 Å². The Morgan fingerprint density at radius 3 is 2.81 bits per heavy atom. The van der Waals surface area contributed by atoms with E-state index in [2.05, 4.69) is 48.4 Å². The Labute approximate surface area is 127 Å². The lowest BCUT2D eigenvalue weighted by atomic mass is 10.0. The Morgan fingerprint density at radius 1 is 1.24 bits per heavy atom. The highest BCUT2D eigenvalue weighted by Gasteiger charge is 2.19. The van der Waals surface area contributed by atoms with E-state index in [0.29, 0.717) is 0 Å². The molecule has 0 saturated carbocycles. The van der Waals surface area contributed by atoms with Gasteiger partial charge in [-0.15, -0.1) is 0 Å². The molecule has 4 nitrogen and oxygen atoms in total. The van der Waals surface area contributed by atoms with Crippen LogP contribution in [0.4, 0.5) is 0 Å². The Hall–Kier alpha value is -1.68. The monoisotopic (exact) mass is 286 g/mol. The molecule has 0 aliphatic rings. The normalized spacial score (nSPS) is 12.5. The minimum absolute atomic E-state index is 0.131. The van der Waals surface area contributed by atoms with Crippen molar-refractivity contribution in [3.8, 4) is 0 Å². The number of nitrogens with zero attached hydrogens (tertiary/aromatic N) is 3. The molecule has 0 spiro atoms. The van der Waals surface area contributed by atoms with Crippen LogP contribution in [0.5, 0.6) is 0 Å². The van der Waals surface area contributed by atoms with Gasteiger partial charge in [0.15, 0.2) is 0 Å². The average molecular weight is 286 g/mol. The maximum absolute atomic E-state index is 4.63. The number of pyridine rings is 1. The number of rotatable bonds is 8. The van der Waals surface area contributed by atoms with E-state index in [1.807, 2.05) is 23.1 Å². The van der Waals surface area contributed by atoms with Crippen LogP contribution in [-0.2, 0) is 13.0 Å². The zero-order valence-electron chi connectivity index (χ0n) is 13.3. The third-order valence-electron chi connectivity index (χ3n) is 3.62. The summed E-state index contributed by atoms with van der Waals surface area (Å²) in [4.78, 5) is 4.63. The number of hydrogen-bond acceptors (Lipinski definition) is 3. The first-order chi connectivity index (χ1) is 10.3. The summed E-state index contributed by atoms with van der Waals surface area (Å²) in [5.74, 6) is 0. The molecule has 0 radical (unpaired) electrons. The average Bonchev–Trinajstić information content (AvgIpc) is 2.97. The predicted octanol–water partition coefficient (Wildman–Crippen LogP) is 3.34. The van der Waals surface area contributed by atoms with E-state index in [4.69, 9.17) is 0 Å². The van der Waals surface area contributed by atoms with E-state index in [1.54, 1.807) is 0 Å². The smallest absolute Gasteiger partial charge is 0.0784 e. The number of aryl methyl sites for hydroxylation is 2. The van der Waals surface area contributed by atoms with Gasteiger partial charge in [-0.25, -0.2) is 0 Å². The summed E-state index contributed by atoms with van der Waals surface area (Å²) < 4.78 is 2.02. The van der Waals surface area contributed by atoms with Crippen LogP contribution >= 0.6 is 0 Å². The molecule has 0 fully saturated rings. The highest BCUT2D eigenvalue weighted by atomic mass is 15.3. The van der Waals surface area contributed by atoms with Gasteiger partial charge in [0.2, 0.25) is 0 Å². The van der Waals surface area contributed by atoms with Crippen molar-refractivity contribution in [2.24, 2.45) is 0 Å². The van der Waals surface area contributed by atoms with Gasteiger partial charge in [0.25, 0.3) is 0 Å². The minimum atomic E-state index is 0.131. The summed E-state index contributed by atoms with van der Waals surface area (Å²) in [6.45, 7) is 8.47. The molecule has 0 aliphatic carbocycles. The standard InChI is InChI=1S/C17H26N4/c1-4-9-18-17(15-12-20-21(13-15)11-5-2)16-14(6-3)8-7-10-19-16/h7-8,10,12-13,17-18H,4-6,9,11H2,1-3H3. The van der Waals surface area contributed by atoms with Crippen LogP contribution in [0.2, 0.25) is 0 Å². The van der Waals surface area contributed by atoms with E-state index in [-0.39, 0.29) is 6.04 Å². The number of aromatic nitrogens is 3. The summed E-state index contributed by atoms with van der Waals surface area (Å²) in [6.07, 6.45) is 9.19. The summed E-state index contributed by atoms with van der Waals surface area (Å²) in [5, 5.41) is 8.08. The Morgan fingerprint density at radius 2 is 2.10 bits per heavy atom. The highest BCUT2D eigenvalue weighted by molar-refractivity contribution is 5.30. The lowest BCUT2D eigenvalue weighted by Gasteiger charge is -2.19. The van der Waals surface area contributed by atoms with E-state index in [9.17, 15) is 0 Å². The Balaban J connectivity index is 2.32. The minimum Gasteiger partial charge on any atom is -0.305 e. The fourth-order valence-electron chi connectivity index (χ4n) is 2.55. The fraction of sp³-hybridized carbons (Fsp3) is 0.529. The van der Waals surface area contributed by atoms with Gasteiger partial charge in [0.05, 0.1) is 17.9 Å². The zero-order chi connectivity index (χ0) is 15.1. The van der Waals surface area contributed by atoms with Crippen molar-refractivity contribution < 1.29 is 0 Å². The summed E-state index contributed by atoms with van der Waals surface area (Å²) in [5.41, 5.74) is 3.63. The molecule has 2 aromatic heterocycles. The summed E-state index contributed by atoms with van der Waals surface area (Å²) in [6, 6.07) is 4.31. The second-order valence-corrected chi connectivity index (χ2v) is 5.33. The maximum Gasteiger partial charge on any atom is 0.0784 e. The van der Waals surface area contributed by atoms with Gasteiger partial charge in [0.1, 0.15) is 0 Å². The van der Waals surface area contributed by atoms with Gasteiger partial charge in [0, 0.05) is 24.5 Å². The van der Waals surface area contributed by atoms with Crippen molar-refractivity contribution in [2.75, 3.05) is 6.54 Å². The molecule has 2 rings (SSSR count). The molecule has 2 heterocycles. The van der Waals surface area contributed by atoms with Crippen molar-refractivity contribution in [1.29, 1.82) is 0 Å². The molecular weight excluding hydrogens is 260 g/mol. The molecule has 114 valence electrons. The van der Waals surface area contributed by atoms with Gasteiger partial charge >= 0.3 is 0 Å². The van der Waals surface area contributed by atoms with Crippen LogP contribution in [-0.4, -0.2) is 21.3 Å². The van der Waals surface area contributed by atoms with Gasteiger partial charge in [-0.05, 0) is 37.4 Å². The van der Waals surface area contributed by atoms with Gasteiger partial charge in [-0.2, -0.15) is 5.10 Å². The topological polar surface area (TPSA) is 42.7 Å². The third kappa shape index (κ3) is 3.91. The summed E-state index contributed by atoms with van der Waals surface area (Å²) >= 11 is 0. The SMILES string of the molecule is CCCNC(c1cnn(CCC)c1)c1ncccc1CC. The first-order valence-corrected chi connectivity index (χ1v) is 7.99. The third-order valence-corrected chi connectivity index (χ3v) is 3.62. The lowest BCUT2D eigenvalue weighted by Crippen LogP contribution is -2.25. The first-order valence-electron chi connectivity index (χ1n) is 7.99. The lowest BCUT2D eigenvalue weighted by molar-refractivity contribution is 0.576. The number of hydrogen-bond donors (Lipinski definition) is 1. The van der Waals surface area contributed by atoms with Gasteiger partial charge in [-0.1, -0.05) is 26.8 Å². The molecular formula is C17H26N4. The molecule has 0 bridgehead atoms. The molecule has 4 heteroatoms. The molecule has 0 aliphatic heterocycles. The van der Waals surface area contributed by atoms with Crippen molar-refractivity contribution in [3.63, 3.8) is 0 Å². The van der Waals surface area contributed by atoms with Crippen LogP contribution in [0.25, 0.3) is 0 Å².